The first-order chi connectivity index (χ1) is 18.2. The Morgan fingerprint density at radius 1 is 1.21 bits per heavy atom. The van der Waals surface area contributed by atoms with Gasteiger partial charge in [-0.2, -0.15) is 20.4 Å². The number of hydrogen-bond acceptors (Lipinski definition) is 10. The number of fused-ring (bicyclic) bond motifs is 2. The summed E-state index contributed by atoms with van der Waals surface area (Å²) >= 11 is 0. The van der Waals surface area contributed by atoms with E-state index in [1.54, 1.807) is 40.9 Å². The number of aliphatic hydroxyl groups excluding tert-OH is 1. The Bertz CT molecular complexity index is 1700. The maximum absolute atomic E-state index is 10.4. The van der Waals surface area contributed by atoms with Gasteiger partial charge in [0.05, 0.1) is 31.8 Å². The van der Waals surface area contributed by atoms with Crippen LogP contribution in [-0.2, 0) is 17.2 Å². The number of nitrogens with one attached hydrogen (secondary N) is 1. The summed E-state index contributed by atoms with van der Waals surface area (Å²) in [5.74, 6) is 1.74. The molecule has 2 atom stereocenters. The molecule has 0 aromatic carbocycles. The average Bonchev–Trinajstić information content (AvgIpc) is 3.66. The molecule has 1 aliphatic rings. The van der Waals surface area contributed by atoms with Gasteiger partial charge in [-0.1, -0.05) is 20.8 Å². The minimum absolute atomic E-state index is 0.225. The molecule has 0 amide bonds. The van der Waals surface area contributed by atoms with Crippen molar-refractivity contribution in [1.82, 2.24) is 38.9 Å². The van der Waals surface area contributed by atoms with Crippen LogP contribution in [0.5, 0.6) is 11.5 Å². The molecule has 1 aliphatic heterocycles. The fourth-order valence-corrected chi connectivity index (χ4v) is 4.61. The molecule has 2 N–H and O–H groups in total. The van der Waals surface area contributed by atoms with E-state index in [-0.39, 0.29) is 29.4 Å². The number of ether oxygens (including phenoxy) is 2. The summed E-state index contributed by atoms with van der Waals surface area (Å²) in [7, 11) is 1.79. The van der Waals surface area contributed by atoms with E-state index in [9.17, 15) is 10.4 Å². The smallest absolute Gasteiger partial charge is 0.210 e. The molecular formula is C25H26N10O3. The van der Waals surface area contributed by atoms with Gasteiger partial charge in [-0.05, 0) is 0 Å². The van der Waals surface area contributed by atoms with Crippen LogP contribution < -0.4 is 10.1 Å². The number of aryl methyl sites for hydroxylation is 1. The zero-order valence-corrected chi connectivity index (χ0v) is 21.3. The first kappa shape index (κ1) is 23.8. The van der Waals surface area contributed by atoms with Crippen LogP contribution in [0.2, 0.25) is 0 Å². The molecule has 0 spiro atoms. The lowest BCUT2D eigenvalue weighted by molar-refractivity contribution is 0.117. The molecule has 194 valence electrons. The van der Waals surface area contributed by atoms with Gasteiger partial charge in [0, 0.05) is 36.6 Å². The third-order valence-electron chi connectivity index (χ3n) is 6.56. The largest absolute Gasteiger partial charge is 0.450 e. The van der Waals surface area contributed by atoms with Crippen molar-refractivity contribution >= 4 is 28.4 Å². The lowest BCUT2D eigenvalue weighted by atomic mass is 9.91. The number of aliphatic hydroxyl groups is 1. The second-order valence-corrected chi connectivity index (χ2v) is 10.2. The summed E-state index contributed by atoms with van der Waals surface area (Å²) in [5.41, 5.74) is 2.56. The van der Waals surface area contributed by atoms with Crippen LogP contribution in [0.4, 0.5) is 11.8 Å². The maximum Gasteiger partial charge on any atom is 0.210 e. The summed E-state index contributed by atoms with van der Waals surface area (Å²) in [5, 5.41) is 32.7. The van der Waals surface area contributed by atoms with E-state index >= 15 is 0 Å². The van der Waals surface area contributed by atoms with E-state index in [1.165, 1.54) is 6.20 Å². The number of pyridine rings is 1. The number of imidazole rings is 1. The molecule has 0 unspecified atom stereocenters. The van der Waals surface area contributed by atoms with Crippen LogP contribution in [-0.4, -0.2) is 63.3 Å². The second kappa shape index (κ2) is 8.79. The monoisotopic (exact) mass is 514 g/mol. The molecule has 38 heavy (non-hydrogen) atoms. The quantitative estimate of drug-likeness (QED) is 0.358. The van der Waals surface area contributed by atoms with Crippen LogP contribution in [0.1, 0.15) is 38.1 Å². The second-order valence-electron chi connectivity index (χ2n) is 10.2. The SMILES string of the molecule is Cn1c(Nc2cc(C(C)(C)C)n([C@H]3COC[C@@H]3O)n2)nc2ncc(Oc3cnn4ccncc34)c(C#N)c21. The van der Waals surface area contributed by atoms with Crippen molar-refractivity contribution in [3.63, 3.8) is 0 Å². The molecule has 0 saturated carbocycles. The molecule has 0 bridgehead atoms. The van der Waals surface area contributed by atoms with Crippen LogP contribution in [0.3, 0.4) is 0 Å². The predicted molar refractivity (Wildman–Crippen MR) is 136 cm³/mol. The van der Waals surface area contributed by atoms with Crippen molar-refractivity contribution in [1.29, 1.82) is 5.26 Å². The van der Waals surface area contributed by atoms with Crippen LogP contribution in [0.15, 0.2) is 37.1 Å². The van der Waals surface area contributed by atoms with Gasteiger partial charge in [0.2, 0.25) is 5.95 Å². The van der Waals surface area contributed by atoms with Crippen molar-refractivity contribution in [2.24, 2.45) is 7.05 Å². The first-order valence-corrected chi connectivity index (χ1v) is 12.1. The fourth-order valence-electron chi connectivity index (χ4n) is 4.61. The Hall–Kier alpha value is -4.54. The molecule has 6 rings (SSSR count). The highest BCUT2D eigenvalue weighted by Crippen LogP contribution is 2.34. The predicted octanol–water partition coefficient (Wildman–Crippen LogP) is 2.84. The molecule has 1 saturated heterocycles. The number of rotatable bonds is 5. The summed E-state index contributed by atoms with van der Waals surface area (Å²) in [6.07, 6.45) is 7.37. The zero-order chi connectivity index (χ0) is 26.6. The normalized spacial score (nSPS) is 17.8. The van der Waals surface area contributed by atoms with Gasteiger partial charge >= 0.3 is 0 Å². The Morgan fingerprint density at radius 2 is 2.05 bits per heavy atom. The van der Waals surface area contributed by atoms with E-state index in [0.717, 1.165) is 5.69 Å². The van der Waals surface area contributed by atoms with Crippen molar-refractivity contribution in [3.8, 4) is 17.6 Å². The number of aromatic nitrogens is 8. The van der Waals surface area contributed by atoms with Gasteiger partial charge in [0.1, 0.15) is 34.8 Å². The number of anilines is 2. The zero-order valence-electron chi connectivity index (χ0n) is 21.3. The standard InChI is InChI=1S/C25H26N10O3/c1-25(2,3)20-7-21(32-35(20)16-12-37-13-17(16)36)30-24-31-23-22(33(24)4)14(8-26)18(10-28-23)38-19-11-29-34-6-5-27-9-15(19)34/h5-7,9-11,16-17,36H,12-13H2,1-4H3,(H,28,30,31,32)/t16-,17-/m0/s1. The van der Waals surface area contributed by atoms with Crippen molar-refractivity contribution in [2.75, 3.05) is 18.5 Å². The maximum atomic E-state index is 10.4. The molecule has 1 fully saturated rings. The van der Waals surface area contributed by atoms with Gasteiger partial charge in [0.15, 0.2) is 23.0 Å². The van der Waals surface area contributed by atoms with Crippen molar-refractivity contribution < 1.29 is 14.6 Å². The van der Waals surface area contributed by atoms with Crippen molar-refractivity contribution in [3.05, 3.63) is 48.3 Å². The molecule has 13 heteroatoms. The number of nitriles is 1. The van der Waals surface area contributed by atoms with Gasteiger partial charge < -0.3 is 24.5 Å². The van der Waals surface area contributed by atoms with E-state index in [2.05, 4.69) is 52.2 Å². The van der Waals surface area contributed by atoms with Crippen molar-refractivity contribution in [2.45, 2.75) is 38.3 Å². The Kier molecular flexibility index (Phi) is 5.51. The molecular weight excluding hydrogens is 488 g/mol. The minimum atomic E-state index is -0.635. The first-order valence-electron chi connectivity index (χ1n) is 12.1. The molecule has 5 aromatic heterocycles. The lowest BCUT2D eigenvalue weighted by Gasteiger charge is -2.24. The Labute approximate surface area is 217 Å². The van der Waals surface area contributed by atoms with Gasteiger partial charge in [-0.3, -0.25) is 9.67 Å². The summed E-state index contributed by atoms with van der Waals surface area (Å²) in [6, 6.07) is 3.90. The van der Waals surface area contributed by atoms with Gasteiger partial charge in [-0.25, -0.2) is 9.50 Å². The highest BCUT2D eigenvalue weighted by molar-refractivity contribution is 5.84. The molecule has 13 nitrogen and oxygen atoms in total. The number of hydrogen-bond donors (Lipinski definition) is 2. The highest BCUT2D eigenvalue weighted by Gasteiger charge is 2.33. The molecule has 5 aromatic rings. The van der Waals surface area contributed by atoms with Crippen LogP contribution >= 0.6 is 0 Å². The minimum Gasteiger partial charge on any atom is -0.450 e. The van der Waals surface area contributed by atoms with E-state index in [4.69, 9.17) is 14.6 Å². The fraction of sp³-hybridized carbons (Fsp3) is 0.360. The summed E-state index contributed by atoms with van der Waals surface area (Å²) in [6.45, 7) is 6.93. The molecule has 0 radical (unpaired) electrons. The third-order valence-corrected chi connectivity index (χ3v) is 6.56. The summed E-state index contributed by atoms with van der Waals surface area (Å²) in [4.78, 5) is 13.2. The summed E-state index contributed by atoms with van der Waals surface area (Å²) < 4.78 is 16.7. The van der Waals surface area contributed by atoms with E-state index < -0.39 is 6.10 Å². The number of nitrogens with zero attached hydrogens (tertiary/aromatic N) is 9. The highest BCUT2D eigenvalue weighted by atomic mass is 16.5. The third kappa shape index (κ3) is 3.90. The van der Waals surface area contributed by atoms with E-state index in [0.29, 0.717) is 40.8 Å². The van der Waals surface area contributed by atoms with Gasteiger partial charge in [-0.15, -0.1) is 0 Å². The average molecular weight is 515 g/mol. The van der Waals surface area contributed by atoms with E-state index in [1.807, 2.05) is 10.7 Å². The topological polar surface area (TPSA) is 153 Å². The van der Waals surface area contributed by atoms with Crippen LogP contribution in [0, 0.1) is 11.3 Å². The Morgan fingerprint density at radius 3 is 2.79 bits per heavy atom. The van der Waals surface area contributed by atoms with Crippen LogP contribution in [0.25, 0.3) is 16.7 Å². The Balaban J connectivity index is 1.37. The van der Waals surface area contributed by atoms with Gasteiger partial charge in [0.25, 0.3) is 0 Å². The molecule has 6 heterocycles. The molecule has 0 aliphatic carbocycles. The lowest BCUT2D eigenvalue weighted by Crippen LogP contribution is -2.28.